The summed E-state index contributed by atoms with van der Waals surface area (Å²) in [7, 11) is -4.19. The highest BCUT2D eigenvalue weighted by molar-refractivity contribution is 9.10. The summed E-state index contributed by atoms with van der Waals surface area (Å²) in [4.78, 5) is 27.3. The number of fused-ring (bicyclic) bond motifs is 2. The Kier molecular flexibility index (Phi) is 8.41. The molecule has 11 nitrogen and oxygen atoms in total. The largest absolute Gasteiger partial charge is 0.494 e. The van der Waals surface area contributed by atoms with Crippen molar-refractivity contribution in [3.8, 4) is 0 Å². The number of nitrogens with two attached hydrogens (primary N) is 1. The lowest BCUT2D eigenvalue weighted by molar-refractivity contribution is 0.00578. The second kappa shape index (κ2) is 12.2. The third-order valence-electron chi connectivity index (χ3n) is 10.0. The van der Waals surface area contributed by atoms with Crippen molar-refractivity contribution in [1.29, 1.82) is 0 Å². The molecule has 4 heterocycles. The third-order valence-corrected chi connectivity index (χ3v) is 12.9. The number of piperazine rings is 1. The number of halogens is 1. The van der Waals surface area contributed by atoms with Gasteiger partial charge >= 0.3 is 7.12 Å². The first-order valence-corrected chi connectivity index (χ1v) is 18.3. The Bertz CT molecular complexity index is 2020. The molecule has 1 amide bonds. The number of hydrogen-bond acceptors (Lipinski definition) is 9. The van der Waals surface area contributed by atoms with E-state index in [-0.39, 0.29) is 22.4 Å². The Morgan fingerprint density at radius 2 is 1.65 bits per heavy atom. The van der Waals surface area contributed by atoms with Gasteiger partial charge in [0.15, 0.2) is 0 Å². The lowest BCUT2D eigenvalue weighted by Gasteiger charge is -2.34. The Labute approximate surface area is 289 Å². The minimum atomic E-state index is -3.60. The zero-order chi connectivity index (χ0) is 34.0. The third kappa shape index (κ3) is 5.92. The summed E-state index contributed by atoms with van der Waals surface area (Å²) in [5.41, 5.74) is 9.99. The number of amides is 1. The lowest BCUT2D eigenvalue weighted by atomic mass is 9.78. The lowest BCUT2D eigenvalue weighted by Crippen LogP contribution is -2.48. The summed E-state index contributed by atoms with van der Waals surface area (Å²) in [6, 6.07) is 18.7. The maximum absolute atomic E-state index is 14.1. The van der Waals surface area contributed by atoms with Crippen LogP contribution in [0.3, 0.4) is 0 Å². The van der Waals surface area contributed by atoms with E-state index in [2.05, 4.69) is 42.9 Å². The molecule has 14 heteroatoms. The fourth-order valence-electron chi connectivity index (χ4n) is 6.55. The molecule has 2 saturated heterocycles. The van der Waals surface area contributed by atoms with Crippen molar-refractivity contribution in [3.05, 3.63) is 87.5 Å². The molecule has 3 aromatic carbocycles. The summed E-state index contributed by atoms with van der Waals surface area (Å²) < 4.78 is 41.2. The topological polar surface area (TPSA) is 131 Å². The van der Waals surface area contributed by atoms with Crippen LogP contribution in [0.2, 0.25) is 0 Å². The standard InChI is InChI=1S/C34H38BBrN6O5S/c1-33(2)34(3,4)47-35(46-33)24-12-13-28-25(18-24)30(39-32(37)38-28)31(43)41-20-23-9-7-8-22(26(23)21-41)19-40-14-16-42(17-15-40)48(44,45)29-11-6-5-10-27(29)36/h5-13,18H,14-17,19-21H2,1-4H3,(H2,37,38,39). The molecule has 0 bridgehead atoms. The monoisotopic (exact) mass is 732 g/mol. The van der Waals surface area contributed by atoms with Crippen molar-refractivity contribution in [2.24, 2.45) is 0 Å². The second-order valence-corrected chi connectivity index (χ2v) is 16.4. The molecule has 0 radical (unpaired) electrons. The first-order valence-electron chi connectivity index (χ1n) is 16.0. The molecular formula is C34H38BBrN6O5S. The van der Waals surface area contributed by atoms with Crippen molar-refractivity contribution in [1.82, 2.24) is 24.1 Å². The van der Waals surface area contributed by atoms with Crippen LogP contribution in [0.15, 0.2) is 70.0 Å². The molecule has 3 aliphatic rings. The predicted molar refractivity (Wildman–Crippen MR) is 188 cm³/mol. The molecule has 7 rings (SSSR count). The van der Waals surface area contributed by atoms with Gasteiger partial charge in [0, 0.05) is 55.7 Å². The van der Waals surface area contributed by atoms with E-state index < -0.39 is 28.3 Å². The number of nitrogen functional groups attached to an aromatic ring is 1. The van der Waals surface area contributed by atoms with Gasteiger partial charge in [0.1, 0.15) is 5.69 Å². The van der Waals surface area contributed by atoms with Crippen LogP contribution in [0.5, 0.6) is 0 Å². The summed E-state index contributed by atoms with van der Waals surface area (Å²) in [6.45, 7) is 11.6. The minimum absolute atomic E-state index is 0.0346. The molecular weight excluding hydrogens is 695 g/mol. The summed E-state index contributed by atoms with van der Waals surface area (Å²) in [5.74, 6) is -0.194. The molecule has 0 atom stereocenters. The number of carbonyl (C=O) groups excluding carboxylic acids is 1. The van der Waals surface area contributed by atoms with Crippen LogP contribution in [0.25, 0.3) is 10.9 Å². The van der Waals surface area contributed by atoms with E-state index in [1.54, 1.807) is 33.5 Å². The van der Waals surface area contributed by atoms with E-state index >= 15 is 0 Å². The summed E-state index contributed by atoms with van der Waals surface area (Å²) in [5, 5.41) is 0.591. The van der Waals surface area contributed by atoms with E-state index in [9.17, 15) is 13.2 Å². The van der Waals surface area contributed by atoms with Gasteiger partial charge in [-0.25, -0.2) is 18.4 Å². The maximum Gasteiger partial charge on any atom is 0.494 e. The van der Waals surface area contributed by atoms with Crippen LogP contribution in [0, 0.1) is 0 Å². The van der Waals surface area contributed by atoms with E-state index in [0.29, 0.717) is 61.2 Å². The fourth-order valence-corrected chi connectivity index (χ4v) is 8.93. The van der Waals surface area contributed by atoms with Crippen molar-refractivity contribution in [3.63, 3.8) is 0 Å². The number of anilines is 1. The second-order valence-electron chi connectivity index (χ2n) is 13.6. The van der Waals surface area contributed by atoms with E-state index in [1.165, 1.54) is 0 Å². The number of hydrogen-bond donors (Lipinski definition) is 1. The highest BCUT2D eigenvalue weighted by atomic mass is 79.9. The predicted octanol–water partition coefficient (Wildman–Crippen LogP) is 3.94. The number of aromatic nitrogens is 2. The molecule has 0 unspecified atom stereocenters. The number of carbonyl (C=O) groups is 1. The minimum Gasteiger partial charge on any atom is -0.399 e. The number of sulfonamides is 1. The van der Waals surface area contributed by atoms with Gasteiger partial charge in [0.05, 0.1) is 21.6 Å². The molecule has 2 N–H and O–H groups in total. The van der Waals surface area contributed by atoms with E-state index in [0.717, 1.165) is 22.2 Å². The van der Waals surface area contributed by atoms with Gasteiger partial charge in [-0.2, -0.15) is 4.31 Å². The van der Waals surface area contributed by atoms with Crippen LogP contribution >= 0.6 is 15.9 Å². The van der Waals surface area contributed by atoms with Gasteiger partial charge in [-0.15, -0.1) is 0 Å². The molecule has 0 saturated carbocycles. The Morgan fingerprint density at radius 3 is 2.35 bits per heavy atom. The molecule has 3 aliphatic heterocycles. The zero-order valence-electron chi connectivity index (χ0n) is 27.4. The Morgan fingerprint density at radius 1 is 0.938 bits per heavy atom. The average Bonchev–Trinajstić information content (AvgIpc) is 3.58. The zero-order valence-corrected chi connectivity index (χ0v) is 29.8. The molecule has 4 aromatic rings. The molecule has 48 heavy (non-hydrogen) atoms. The van der Waals surface area contributed by atoms with Crippen molar-refractivity contribution in [2.75, 3.05) is 31.9 Å². The van der Waals surface area contributed by atoms with Gasteiger partial charge in [0.2, 0.25) is 16.0 Å². The van der Waals surface area contributed by atoms with Gasteiger partial charge in [-0.1, -0.05) is 42.5 Å². The van der Waals surface area contributed by atoms with Crippen LogP contribution in [0.4, 0.5) is 5.95 Å². The fraction of sp³-hybridized carbons (Fsp3) is 0.382. The summed E-state index contributed by atoms with van der Waals surface area (Å²) in [6.07, 6.45) is 0. The van der Waals surface area contributed by atoms with Gasteiger partial charge in [0.25, 0.3) is 5.91 Å². The smallest absolute Gasteiger partial charge is 0.399 e. The molecule has 1 aromatic heterocycles. The number of benzene rings is 3. The number of nitrogens with zero attached hydrogens (tertiary/aromatic N) is 5. The van der Waals surface area contributed by atoms with Gasteiger partial charge in [-0.05, 0) is 84.0 Å². The van der Waals surface area contributed by atoms with Crippen LogP contribution in [0.1, 0.15) is 54.9 Å². The maximum atomic E-state index is 14.1. The molecule has 0 spiro atoms. The quantitative estimate of drug-likeness (QED) is 0.293. The van der Waals surface area contributed by atoms with Crippen LogP contribution in [-0.2, 0) is 39.0 Å². The van der Waals surface area contributed by atoms with E-state index in [4.69, 9.17) is 15.0 Å². The SMILES string of the molecule is CC1(C)OB(c2ccc3nc(N)nc(C(=O)N4Cc5cccc(CN6CCN(S(=O)(=O)c7ccccc7Br)CC6)c5C4)c3c2)OC1(C)C. The van der Waals surface area contributed by atoms with Crippen molar-refractivity contribution >= 4 is 61.3 Å². The average molecular weight is 733 g/mol. The van der Waals surface area contributed by atoms with E-state index in [1.807, 2.05) is 52.0 Å². The van der Waals surface area contributed by atoms with Crippen molar-refractivity contribution < 1.29 is 22.5 Å². The van der Waals surface area contributed by atoms with Gasteiger partial charge in [-0.3, -0.25) is 9.69 Å². The normalized spacial score (nSPS) is 19.6. The highest BCUT2D eigenvalue weighted by Crippen LogP contribution is 2.37. The first-order chi connectivity index (χ1) is 22.7. The Hall–Kier alpha value is -3.40. The molecule has 0 aliphatic carbocycles. The van der Waals surface area contributed by atoms with Gasteiger partial charge < -0.3 is 19.9 Å². The highest BCUT2D eigenvalue weighted by Gasteiger charge is 2.51. The number of rotatable bonds is 6. The molecule has 250 valence electrons. The Balaban J connectivity index is 1.07. The summed E-state index contributed by atoms with van der Waals surface area (Å²) >= 11 is 3.39. The van der Waals surface area contributed by atoms with Crippen molar-refractivity contribution in [2.45, 2.75) is 63.4 Å². The molecule has 2 fully saturated rings. The van der Waals surface area contributed by atoms with Crippen LogP contribution in [-0.4, -0.2) is 82.9 Å². The first kappa shape index (κ1) is 33.1. The van der Waals surface area contributed by atoms with Crippen LogP contribution < -0.4 is 11.2 Å².